The van der Waals surface area contributed by atoms with E-state index in [1.165, 1.54) is 109 Å². The summed E-state index contributed by atoms with van der Waals surface area (Å²) in [6.45, 7) is 0. The number of hydrogen-bond acceptors (Lipinski definition) is 0. The van der Waals surface area contributed by atoms with E-state index in [1.54, 1.807) is 0 Å². The molecular weight excluding hydrogens is 649 g/mol. The first-order valence-electron chi connectivity index (χ1n) is 18.8. The molecule has 0 aliphatic carbocycles. The van der Waals surface area contributed by atoms with E-state index in [0.717, 1.165) is 0 Å². The number of benzene rings is 11. The number of fused-ring (bicyclic) bond motifs is 7. The average Bonchev–Trinajstić information content (AvgIpc) is 3.25. The van der Waals surface area contributed by atoms with E-state index >= 15 is 0 Å². The molecule has 0 amide bonds. The number of rotatable bonds is 4. The van der Waals surface area contributed by atoms with Crippen molar-refractivity contribution in [1.29, 1.82) is 0 Å². The van der Waals surface area contributed by atoms with E-state index < -0.39 is 0 Å². The minimum Gasteiger partial charge on any atom is -0.0622 e. The molecule has 0 bridgehead atoms. The van der Waals surface area contributed by atoms with Crippen molar-refractivity contribution in [2.75, 3.05) is 0 Å². The average molecular weight is 683 g/mol. The van der Waals surface area contributed by atoms with Crippen LogP contribution in [0.25, 0.3) is 109 Å². The predicted molar refractivity (Wildman–Crippen MR) is 233 cm³/mol. The molecule has 54 heavy (non-hydrogen) atoms. The van der Waals surface area contributed by atoms with Crippen LogP contribution >= 0.6 is 0 Å². The summed E-state index contributed by atoms with van der Waals surface area (Å²) in [6.07, 6.45) is 0. The standard InChI is InChI=1S/C54H34/c1-3-18-37(19-4-1)50-48-33-30-36-17-8-10-24-41(36)54(48)52(38-20-5-2-6-21-38)47-32-31-39(34-49(47)50)51-43-25-11-13-27-45(43)53(46-28-14-12-26-44(46)51)42-29-15-22-35-16-7-9-23-40(35)42/h1-34H. The zero-order valence-corrected chi connectivity index (χ0v) is 29.6. The Morgan fingerprint density at radius 2 is 0.648 bits per heavy atom. The molecule has 11 aromatic rings. The molecule has 0 heteroatoms. The van der Waals surface area contributed by atoms with E-state index in [1.807, 2.05) is 0 Å². The van der Waals surface area contributed by atoms with Gasteiger partial charge in [-0.15, -0.1) is 0 Å². The molecule has 0 radical (unpaired) electrons. The van der Waals surface area contributed by atoms with Crippen molar-refractivity contribution in [3.05, 3.63) is 206 Å². The third-order valence-corrected chi connectivity index (χ3v) is 11.4. The second-order valence-electron chi connectivity index (χ2n) is 14.3. The SMILES string of the molecule is c1ccc(-c2c3cc(-c4c5ccccc5c(-c5cccc6ccccc56)c5ccccc45)ccc3c(-c3ccccc3)c3c2ccc2ccccc23)cc1. The van der Waals surface area contributed by atoms with Crippen molar-refractivity contribution in [2.45, 2.75) is 0 Å². The van der Waals surface area contributed by atoms with Crippen molar-refractivity contribution in [3.63, 3.8) is 0 Å². The van der Waals surface area contributed by atoms with Crippen molar-refractivity contribution < 1.29 is 0 Å². The fourth-order valence-electron chi connectivity index (χ4n) is 9.15. The predicted octanol–water partition coefficient (Wildman–Crippen LogP) is 15.3. The summed E-state index contributed by atoms with van der Waals surface area (Å²) in [4.78, 5) is 0. The van der Waals surface area contributed by atoms with E-state index in [-0.39, 0.29) is 0 Å². The summed E-state index contributed by atoms with van der Waals surface area (Å²) in [6, 6.07) is 76.1. The highest BCUT2D eigenvalue weighted by Crippen LogP contribution is 2.49. The first kappa shape index (κ1) is 30.6. The van der Waals surface area contributed by atoms with Crippen LogP contribution in [0.15, 0.2) is 206 Å². The van der Waals surface area contributed by atoms with Crippen molar-refractivity contribution in [2.24, 2.45) is 0 Å². The van der Waals surface area contributed by atoms with Crippen molar-refractivity contribution in [1.82, 2.24) is 0 Å². The molecule has 0 unspecified atom stereocenters. The Hall–Kier alpha value is -7.02. The molecule has 11 aromatic carbocycles. The van der Waals surface area contributed by atoms with E-state index in [0.29, 0.717) is 0 Å². The summed E-state index contributed by atoms with van der Waals surface area (Å²) in [5, 5.41) is 15.2. The van der Waals surface area contributed by atoms with Crippen LogP contribution < -0.4 is 0 Å². The summed E-state index contributed by atoms with van der Waals surface area (Å²) < 4.78 is 0. The molecule has 0 atom stereocenters. The van der Waals surface area contributed by atoms with E-state index in [9.17, 15) is 0 Å². The first-order valence-corrected chi connectivity index (χ1v) is 18.8. The van der Waals surface area contributed by atoms with Crippen LogP contribution in [0.5, 0.6) is 0 Å². The van der Waals surface area contributed by atoms with Gasteiger partial charge >= 0.3 is 0 Å². The van der Waals surface area contributed by atoms with Gasteiger partial charge in [0.2, 0.25) is 0 Å². The van der Waals surface area contributed by atoms with Crippen LogP contribution in [-0.2, 0) is 0 Å². The second kappa shape index (κ2) is 12.3. The molecule has 0 fully saturated rings. The summed E-state index contributed by atoms with van der Waals surface area (Å²) >= 11 is 0. The Morgan fingerprint density at radius 3 is 1.30 bits per heavy atom. The molecule has 0 saturated carbocycles. The zero-order valence-electron chi connectivity index (χ0n) is 29.6. The molecular formula is C54H34. The second-order valence-corrected chi connectivity index (χ2v) is 14.3. The number of hydrogen-bond donors (Lipinski definition) is 0. The van der Waals surface area contributed by atoms with Gasteiger partial charge in [0.25, 0.3) is 0 Å². The van der Waals surface area contributed by atoms with Gasteiger partial charge in [0, 0.05) is 0 Å². The van der Waals surface area contributed by atoms with Crippen LogP contribution in [0.4, 0.5) is 0 Å². The quantitative estimate of drug-likeness (QED) is 0.128. The Morgan fingerprint density at radius 1 is 0.204 bits per heavy atom. The Kier molecular flexibility index (Phi) is 6.97. The van der Waals surface area contributed by atoms with Gasteiger partial charge in [-0.05, 0) is 115 Å². The highest BCUT2D eigenvalue weighted by atomic mass is 14.2. The lowest BCUT2D eigenvalue weighted by atomic mass is 9.81. The van der Waals surface area contributed by atoms with Crippen LogP contribution in [0, 0.1) is 0 Å². The molecule has 11 rings (SSSR count). The molecule has 0 aliphatic heterocycles. The third kappa shape index (κ3) is 4.64. The van der Waals surface area contributed by atoms with Gasteiger partial charge in [0.15, 0.2) is 0 Å². The zero-order chi connectivity index (χ0) is 35.6. The topological polar surface area (TPSA) is 0 Å². The van der Waals surface area contributed by atoms with Gasteiger partial charge in [-0.3, -0.25) is 0 Å². The highest BCUT2D eigenvalue weighted by Gasteiger charge is 2.22. The Labute approximate surface area is 314 Å². The van der Waals surface area contributed by atoms with Crippen LogP contribution in [0.2, 0.25) is 0 Å². The fraction of sp³-hybridized carbons (Fsp3) is 0. The Bertz CT molecular complexity index is 3180. The maximum Gasteiger partial charge on any atom is -0.00141 e. The molecule has 0 heterocycles. The molecule has 0 nitrogen and oxygen atoms in total. The fourth-order valence-corrected chi connectivity index (χ4v) is 9.15. The van der Waals surface area contributed by atoms with Crippen LogP contribution in [0.1, 0.15) is 0 Å². The maximum absolute atomic E-state index is 2.48. The third-order valence-electron chi connectivity index (χ3n) is 11.4. The van der Waals surface area contributed by atoms with E-state index in [2.05, 4.69) is 206 Å². The molecule has 250 valence electrons. The maximum atomic E-state index is 2.48. The normalized spacial score (nSPS) is 11.7. The van der Waals surface area contributed by atoms with Gasteiger partial charge in [-0.2, -0.15) is 0 Å². The van der Waals surface area contributed by atoms with Crippen molar-refractivity contribution >= 4 is 64.6 Å². The minimum atomic E-state index is 1.22. The summed E-state index contributed by atoms with van der Waals surface area (Å²) in [7, 11) is 0. The summed E-state index contributed by atoms with van der Waals surface area (Å²) in [5.41, 5.74) is 10.0. The summed E-state index contributed by atoms with van der Waals surface area (Å²) in [5.74, 6) is 0. The van der Waals surface area contributed by atoms with Gasteiger partial charge in [-0.1, -0.05) is 200 Å². The first-order chi connectivity index (χ1) is 26.8. The molecule has 0 aliphatic rings. The van der Waals surface area contributed by atoms with Crippen LogP contribution in [-0.4, -0.2) is 0 Å². The van der Waals surface area contributed by atoms with Gasteiger partial charge in [0.05, 0.1) is 0 Å². The van der Waals surface area contributed by atoms with Gasteiger partial charge < -0.3 is 0 Å². The van der Waals surface area contributed by atoms with Crippen LogP contribution in [0.3, 0.4) is 0 Å². The monoisotopic (exact) mass is 682 g/mol. The smallest absolute Gasteiger partial charge is 0.00141 e. The van der Waals surface area contributed by atoms with E-state index in [4.69, 9.17) is 0 Å². The lowest BCUT2D eigenvalue weighted by molar-refractivity contribution is 1.65. The highest BCUT2D eigenvalue weighted by molar-refractivity contribution is 6.29. The van der Waals surface area contributed by atoms with Crippen molar-refractivity contribution in [3.8, 4) is 44.5 Å². The molecule has 0 spiro atoms. The molecule has 0 saturated heterocycles. The largest absolute Gasteiger partial charge is 0.0622 e. The van der Waals surface area contributed by atoms with Gasteiger partial charge in [-0.25, -0.2) is 0 Å². The Balaban J connectivity index is 1.30. The lowest BCUT2D eigenvalue weighted by Gasteiger charge is -2.22. The molecule has 0 aromatic heterocycles. The van der Waals surface area contributed by atoms with Gasteiger partial charge in [0.1, 0.15) is 0 Å². The minimum absolute atomic E-state index is 1.22. The lowest BCUT2D eigenvalue weighted by Crippen LogP contribution is -1.94. The molecule has 0 N–H and O–H groups in total.